The van der Waals surface area contributed by atoms with Gasteiger partial charge in [-0.05, 0) is 71.2 Å². The first-order valence-electron chi connectivity index (χ1n) is 10.0. The van der Waals surface area contributed by atoms with Crippen molar-refractivity contribution in [3.63, 3.8) is 0 Å². The van der Waals surface area contributed by atoms with E-state index in [0.717, 1.165) is 28.0 Å². The molecule has 4 nitrogen and oxygen atoms in total. The van der Waals surface area contributed by atoms with Gasteiger partial charge in [0.15, 0.2) is 0 Å². The Bertz CT molecular complexity index is 956. The maximum absolute atomic E-state index is 12.5. The highest BCUT2D eigenvalue weighted by Crippen LogP contribution is 2.26. The molecule has 30 heavy (non-hydrogen) atoms. The number of nitrogens with one attached hydrogen (secondary N) is 1. The lowest BCUT2D eigenvalue weighted by Gasteiger charge is -2.11. The van der Waals surface area contributed by atoms with Crippen LogP contribution in [0.3, 0.4) is 0 Å². The van der Waals surface area contributed by atoms with E-state index in [1.807, 2.05) is 62.4 Å². The molecule has 0 heterocycles. The number of ether oxygens (including phenoxy) is 2. The summed E-state index contributed by atoms with van der Waals surface area (Å²) in [6, 6.07) is 23.3. The second kappa shape index (κ2) is 10.8. The molecular formula is C25H26BrNO3. The van der Waals surface area contributed by atoms with Crippen molar-refractivity contribution in [2.75, 3.05) is 6.61 Å². The van der Waals surface area contributed by atoms with Crippen molar-refractivity contribution >= 4 is 21.8 Å². The molecule has 0 aliphatic carbocycles. The summed E-state index contributed by atoms with van der Waals surface area (Å²) in [5.41, 5.74) is 2.82. The minimum Gasteiger partial charge on any atom is -0.492 e. The molecule has 0 radical (unpaired) electrons. The maximum atomic E-state index is 12.5. The molecule has 0 unspecified atom stereocenters. The molecule has 3 aromatic carbocycles. The first-order valence-corrected chi connectivity index (χ1v) is 10.8. The average Bonchev–Trinajstić information content (AvgIpc) is 2.74. The lowest BCUT2D eigenvalue weighted by atomic mass is 10.1. The van der Waals surface area contributed by atoms with E-state index in [4.69, 9.17) is 9.47 Å². The zero-order valence-corrected chi connectivity index (χ0v) is 18.8. The third-order valence-electron chi connectivity index (χ3n) is 4.43. The van der Waals surface area contributed by atoms with Gasteiger partial charge in [0.05, 0.1) is 17.2 Å². The molecule has 156 valence electrons. The van der Waals surface area contributed by atoms with E-state index >= 15 is 0 Å². The molecule has 3 aromatic rings. The number of benzene rings is 3. The summed E-state index contributed by atoms with van der Waals surface area (Å²) in [4.78, 5) is 12.5. The highest BCUT2D eigenvalue weighted by Gasteiger charge is 2.10. The summed E-state index contributed by atoms with van der Waals surface area (Å²) >= 11 is 3.51. The molecule has 0 bridgehead atoms. The summed E-state index contributed by atoms with van der Waals surface area (Å²) in [5, 5.41) is 2.95. The largest absolute Gasteiger partial charge is 0.492 e. The minimum atomic E-state index is -0.131. The van der Waals surface area contributed by atoms with Gasteiger partial charge in [-0.25, -0.2) is 0 Å². The van der Waals surface area contributed by atoms with E-state index < -0.39 is 0 Å². The van der Waals surface area contributed by atoms with Crippen molar-refractivity contribution in [1.82, 2.24) is 5.32 Å². The summed E-state index contributed by atoms with van der Waals surface area (Å²) in [6.07, 6.45) is 0.968. The Hall–Kier alpha value is -2.79. The van der Waals surface area contributed by atoms with E-state index in [1.54, 1.807) is 12.1 Å². The Morgan fingerprint density at radius 2 is 1.70 bits per heavy atom. The van der Waals surface area contributed by atoms with Gasteiger partial charge < -0.3 is 14.8 Å². The van der Waals surface area contributed by atoms with Crippen LogP contribution in [0.2, 0.25) is 0 Å². The standard InChI is InChI=1S/C25H26BrNO3/c1-18(2)30-22-11-8-20(9-12-22)17-27-25(28)21-10-13-24(23(26)16-21)29-15-14-19-6-4-3-5-7-19/h3-13,16,18H,14-15,17H2,1-2H3,(H,27,28). The van der Waals surface area contributed by atoms with E-state index in [1.165, 1.54) is 5.56 Å². The van der Waals surface area contributed by atoms with E-state index in [0.29, 0.717) is 18.7 Å². The van der Waals surface area contributed by atoms with Crippen LogP contribution in [0.25, 0.3) is 0 Å². The lowest BCUT2D eigenvalue weighted by Crippen LogP contribution is -2.22. The van der Waals surface area contributed by atoms with E-state index in [2.05, 4.69) is 33.4 Å². The van der Waals surface area contributed by atoms with Gasteiger partial charge in [0.1, 0.15) is 11.5 Å². The zero-order valence-electron chi connectivity index (χ0n) is 17.2. The monoisotopic (exact) mass is 467 g/mol. The zero-order chi connectivity index (χ0) is 21.3. The number of hydrogen-bond acceptors (Lipinski definition) is 3. The fourth-order valence-corrected chi connectivity index (χ4v) is 3.42. The van der Waals surface area contributed by atoms with E-state index in [-0.39, 0.29) is 12.0 Å². The van der Waals surface area contributed by atoms with Gasteiger partial charge in [0, 0.05) is 18.5 Å². The van der Waals surface area contributed by atoms with Crippen molar-refractivity contribution in [3.8, 4) is 11.5 Å². The molecule has 0 atom stereocenters. The summed E-state index contributed by atoms with van der Waals surface area (Å²) < 4.78 is 12.3. The molecule has 0 saturated heterocycles. The predicted molar refractivity (Wildman–Crippen MR) is 123 cm³/mol. The van der Waals surface area contributed by atoms with Crippen LogP contribution in [0.1, 0.15) is 35.3 Å². The number of carbonyl (C=O) groups excluding carboxylic acids is 1. The molecule has 1 N–H and O–H groups in total. The summed E-state index contributed by atoms with van der Waals surface area (Å²) in [6.45, 7) is 5.01. The SMILES string of the molecule is CC(C)Oc1ccc(CNC(=O)c2ccc(OCCc3ccccc3)c(Br)c2)cc1. The van der Waals surface area contributed by atoms with Crippen molar-refractivity contribution in [3.05, 3.63) is 94.0 Å². The second-order valence-electron chi connectivity index (χ2n) is 7.22. The van der Waals surface area contributed by atoms with Gasteiger partial charge >= 0.3 is 0 Å². The van der Waals surface area contributed by atoms with Crippen molar-refractivity contribution in [1.29, 1.82) is 0 Å². The van der Waals surface area contributed by atoms with Crippen LogP contribution >= 0.6 is 15.9 Å². The number of halogens is 1. The van der Waals surface area contributed by atoms with Gasteiger partial charge in [-0.1, -0.05) is 42.5 Å². The number of hydrogen-bond donors (Lipinski definition) is 1. The minimum absolute atomic E-state index is 0.131. The Kier molecular flexibility index (Phi) is 7.91. The molecular weight excluding hydrogens is 442 g/mol. The Morgan fingerprint density at radius 1 is 0.967 bits per heavy atom. The molecule has 5 heteroatoms. The van der Waals surface area contributed by atoms with Crippen LogP contribution in [0.4, 0.5) is 0 Å². The van der Waals surface area contributed by atoms with Crippen molar-refractivity contribution in [2.24, 2.45) is 0 Å². The smallest absolute Gasteiger partial charge is 0.251 e. The molecule has 0 aliphatic heterocycles. The first-order chi connectivity index (χ1) is 14.5. The predicted octanol–water partition coefficient (Wildman–Crippen LogP) is 5.79. The van der Waals surface area contributed by atoms with Crippen molar-refractivity contribution in [2.45, 2.75) is 32.9 Å². The summed E-state index contributed by atoms with van der Waals surface area (Å²) in [5.74, 6) is 1.42. The van der Waals surface area contributed by atoms with Gasteiger partial charge in [0.25, 0.3) is 5.91 Å². The van der Waals surface area contributed by atoms with Crippen LogP contribution in [-0.2, 0) is 13.0 Å². The topological polar surface area (TPSA) is 47.6 Å². The molecule has 0 saturated carbocycles. The van der Waals surface area contributed by atoms with E-state index in [9.17, 15) is 4.79 Å². The Labute approximate surface area is 186 Å². The molecule has 0 aromatic heterocycles. The number of amides is 1. The first kappa shape index (κ1) is 21.9. The van der Waals surface area contributed by atoms with Gasteiger partial charge in [-0.3, -0.25) is 4.79 Å². The lowest BCUT2D eigenvalue weighted by molar-refractivity contribution is 0.0951. The van der Waals surface area contributed by atoms with Crippen molar-refractivity contribution < 1.29 is 14.3 Å². The molecule has 1 amide bonds. The third kappa shape index (κ3) is 6.63. The second-order valence-corrected chi connectivity index (χ2v) is 8.08. The van der Waals surface area contributed by atoms with Gasteiger partial charge in [-0.2, -0.15) is 0 Å². The van der Waals surface area contributed by atoms with Crippen LogP contribution < -0.4 is 14.8 Å². The maximum Gasteiger partial charge on any atom is 0.251 e. The Balaban J connectivity index is 1.50. The van der Waals surface area contributed by atoms with Crippen LogP contribution in [0, 0.1) is 0 Å². The third-order valence-corrected chi connectivity index (χ3v) is 5.05. The molecule has 3 rings (SSSR count). The highest BCUT2D eigenvalue weighted by atomic mass is 79.9. The number of rotatable bonds is 9. The quantitative estimate of drug-likeness (QED) is 0.433. The highest BCUT2D eigenvalue weighted by molar-refractivity contribution is 9.10. The van der Waals surface area contributed by atoms with Crippen LogP contribution in [-0.4, -0.2) is 18.6 Å². The Morgan fingerprint density at radius 3 is 2.37 bits per heavy atom. The van der Waals surface area contributed by atoms with Crippen LogP contribution in [0.15, 0.2) is 77.3 Å². The van der Waals surface area contributed by atoms with Gasteiger partial charge in [0.2, 0.25) is 0 Å². The van der Waals surface area contributed by atoms with Crippen LogP contribution in [0.5, 0.6) is 11.5 Å². The fraction of sp³-hybridized carbons (Fsp3) is 0.240. The molecule has 0 spiro atoms. The molecule has 0 fully saturated rings. The van der Waals surface area contributed by atoms with Gasteiger partial charge in [-0.15, -0.1) is 0 Å². The fourth-order valence-electron chi connectivity index (χ4n) is 2.93. The average molecular weight is 468 g/mol. The summed E-state index contributed by atoms with van der Waals surface area (Å²) in [7, 11) is 0. The molecule has 0 aliphatic rings. The number of carbonyl (C=O) groups is 1. The normalized spacial score (nSPS) is 10.7.